The number of carbonyl (C=O) groups excluding carboxylic acids is 2. The molecule has 0 spiro atoms. The van der Waals surface area contributed by atoms with E-state index in [2.05, 4.69) is 15.3 Å². The molecular weight excluding hydrogens is 354 g/mol. The summed E-state index contributed by atoms with van der Waals surface area (Å²) < 4.78 is 6.76. The van der Waals surface area contributed by atoms with Gasteiger partial charge in [0.1, 0.15) is 5.56 Å². The second kappa shape index (κ2) is 8.33. The maximum Gasteiger partial charge on any atom is 0.261 e. The first-order valence-corrected chi connectivity index (χ1v) is 9.37. The molecule has 26 heavy (non-hydrogen) atoms. The third kappa shape index (κ3) is 4.23. The van der Waals surface area contributed by atoms with Gasteiger partial charge in [0, 0.05) is 52.5 Å². The van der Waals surface area contributed by atoms with E-state index in [-0.39, 0.29) is 11.8 Å². The Bertz CT molecular complexity index is 751. The third-order valence-electron chi connectivity index (χ3n) is 4.34. The highest BCUT2D eigenvalue weighted by Crippen LogP contribution is 2.18. The summed E-state index contributed by atoms with van der Waals surface area (Å²) in [5.41, 5.74) is 0.492. The first kappa shape index (κ1) is 18.4. The van der Waals surface area contributed by atoms with Crippen molar-refractivity contribution in [1.82, 2.24) is 24.9 Å². The molecule has 1 N–H and O–H groups in total. The van der Waals surface area contributed by atoms with E-state index in [1.165, 1.54) is 18.4 Å². The molecule has 0 radical (unpaired) electrons. The first-order chi connectivity index (χ1) is 12.6. The van der Waals surface area contributed by atoms with Crippen molar-refractivity contribution in [2.24, 2.45) is 7.05 Å². The number of thiophene rings is 1. The number of aryl methyl sites for hydroxylation is 1. The summed E-state index contributed by atoms with van der Waals surface area (Å²) >= 11 is 1.44. The van der Waals surface area contributed by atoms with Gasteiger partial charge in [-0.05, 0) is 11.4 Å². The fourth-order valence-electron chi connectivity index (χ4n) is 2.93. The van der Waals surface area contributed by atoms with Crippen LogP contribution in [0.1, 0.15) is 20.0 Å². The number of nitrogens with one attached hydrogen (secondary N) is 1. The van der Waals surface area contributed by atoms with Crippen LogP contribution in [0.3, 0.4) is 0 Å². The number of nitrogens with zero attached hydrogens (tertiary/aromatic N) is 4. The average Bonchev–Trinajstić information content (AvgIpc) is 3.31. The minimum atomic E-state index is -0.0550. The molecule has 140 valence electrons. The van der Waals surface area contributed by atoms with Crippen molar-refractivity contribution in [3.05, 3.63) is 34.2 Å². The van der Waals surface area contributed by atoms with Crippen LogP contribution in [-0.4, -0.2) is 77.8 Å². The molecule has 0 unspecified atom stereocenters. The summed E-state index contributed by atoms with van der Waals surface area (Å²) in [6, 6.07) is 3.68. The van der Waals surface area contributed by atoms with Gasteiger partial charge >= 0.3 is 0 Å². The third-order valence-corrected chi connectivity index (χ3v) is 5.21. The zero-order valence-corrected chi connectivity index (χ0v) is 15.8. The van der Waals surface area contributed by atoms with Crippen LogP contribution >= 0.6 is 11.3 Å². The molecule has 3 heterocycles. The molecule has 2 aromatic heterocycles. The van der Waals surface area contributed by atoms with Crippen LogP contribution < -0.4 is 10.1 Å². The Morgan fingerprint density at radius 2 is 2.08 bits per heavy atom. The van der Waals surface area contributed by atoms with E-state index >= 15 is 0 Å². The smallest absolute Gasteiger partial charge is 0.261 e. The van der Waals surface area contributed by atoms with Crippen LogP contribution in [0.15, 0.2) is 23.7 Å². The second-order valence-corrected chi connectivity index (χ2v) is 7.04. The number of ether oxygens (including phenoxy) is 1. The summed E-state index contributed by atoms with van der Waals surface area (Å²) in [6.07, 6.45) is 1.69. The van der Waals surface area contributed by atoms with Crippen molar-refractivity contribution in [2.45, 2.75) is 0 Å². The highest BCUT2D eigenvalue weighted by molar-refractivity contribution is 7.12. The molecule has 0 bridgehead atoms. The van der Waals surface area contributed by atoms with Crippen molar-refractivity contribution in [1.29, 1.82) is 0 Å². The van der Waals surface area contributed by atoms with E-state index in [4.69, 9.17) is 4.74 Å². The van der Waals surface area contributed by atoms with E-state index in [0.29, 0.717) is 31.1 Å². The van der Waals surface area contributed by atoms with Crippen molar-refractivity contribution >= 4 is 23.2 Å². The van der Waals surface area contributed by atoms with Gasteiger partial charge in [-0.25, -0.2) is 0 Å². The Morgan fingerprint density at radius 1 is 1.31 bits per heavy atom. The SMILES string of the molecule is COc1nn(C)cc1C(=O)N1CCN(CCNC(=O)c2cccs2)CC1. The van der Waals surface area contributed by atoms with Crippen LogP contribution in [-0.2, 0) is 7.05 Å². The zero-order chi connectivity index (χ0) is 18.5. The van der Waals surface area contributed by atoms with E-state index in [1.807, 2.05) is 22.4 Å². The highest BCUT2D eigenvalue weighted by atomic mass is 32.1. The van der Waals surface area contributed by atoms with Crippen molar-refractivity contribution in [3.63, 3.8) is 0 Å². The lowest BCUT2D eigenvalue weighted by atomic mass is 10.2. The maximum atomic E-state index is 12.7. The van der Waals surface area contributed by atoms with Crippen LogP contribution in [0.25, 0.3) is 0 Å². The standard InChI is InChI=1S/C17H23N5O3S/c1-20-12-13(16(19-20)25-2)17(24)22-9-7-21(8-10-22)6-5-18-15(23)14-4-3-11-26-14/h3-4,11-12H,5-10H2,1-2H3,(H,18,23). The van der Waals surface area contributed by atoms with Crippen LogP contribution in [0.5, 0.6) is 5.88 Å². The predicted molar refractivity (Wildman–Crippen MR) is 98.8 cm³/mol. The van der Waals surface area contributed by atoms with Gasteiger partial charge in [0.05, 0.1) is 12.0 Å². The summed E-state index contributed by atoms with van der Waals surface area (Å²) in [7, 11) is 3.28. The molecule has 1 saturated heterocycles. The quantitative estimate of drug-likeness (QED) is 0.801. The molecule has 9 heteroatoms. The number of methoxy groups -OCH3 is 1. The van der Waals surface area contributed by atoms with Gasteiger partial charge in [0.25, 0.3) is 11.8 Å². The van der Waals surface area contributed by atoms with Gasteiger partial charge in [-0.15, -0.1) is 16.4 Å². The fraction of sp³-hybridized carbons (Fsp3) is 0.471. The Balaban J connectivity index is 1.44. The highest BCUT2D eigenvalue weighted by Gasteiger charge is 2.26. The molecule has 2 aromatic rings. The molecule has 8 nitrogen and oxygen atoms in total. The number of hydrogen-bond donors (Lipinski definition) is 1. The van der Waals surface area contributed by atoms with E-state index in [0.717, 1.165) is 24.5 Å². The van der Waals surface area contributed by atoms with E-state index < -0.39 is 0 Å². The monoisotopic (exact) mass is 377 g/mol. The number of aromatic nitrogens is 2. The van der Waals surface area contributed by atoms with E-state index in [9.17, 15) is 9.59 Å². The molecule has 0 aliphatic carbocycles. The minimum absolute atomic E-state index is 0.0301. The molecule has 1 aliphatic rings. The molecule has 1 aliphatic heterocycles. The summed E-state index contributed by atoms with van der Waals surface area (Å²) in [5.74, 6) is 0.273. The molecule has 0 atom stereocenters. The van der Waals surface area contributed by atoms with Crippen LogP contribution in [0.2, 0.25) is 0 Å². The van der Waals surface area contributed by atoms with Crippen molar-refractivity contribution in [2.75, 3.05) is 46.4 Å². The van der Waals surface area contributed by atoms with Crippen molar-refractivity contribution < 1.29 is 14.3 Å². The Morgan fingerprint density at radius 3 is 2.73 bits per heavy atom. The molecule has 3 rings (SSSR count). The normalized spacial score (nSPS) is 15.1. The summed E-state index contributed by atoms with van der Waals surface area (Å²) in [4.78, 5) is 29.4. The van der Waals surface area contributed by atoms with Crippen LogP contribution in [0.4, 0.5) is 0 Å². The second-order valence-electron chi connectivity index (χ2n) is 6.09. The van der Waals surface area contributed by atoms with Crippen molar-refractivity contribution in [3.8, 4) is 5.88 Å². The van der Waals surface area contributed by atoms with E-state index in [1.54, 1.807) is 17.9 Å². The number of amides is 2. The molecule has 0 saturated carbocycles. The number of rotatable bonds is 6. The first-order valence-electron chi connectivity index (χ1n) is 8.49. The molecule has 1 fully saturated rings. The Labute approximate surface area is 156 Å². The average molecular weight is 377 g/mol. The minimum Gasteiger partial charge on any atom is -0.479 e. The predicted octanol–water partition coefficient (Wildman–Crippen LogP) is 0.678. The fourth-order valence-corrected chi connectivity index (χ4v) is 3.57. The zero-order valence-electron chi connectivity index (χ0n) is 15.0. The largest absolute Gasteiger partial charge is 0.479 e. The van der Waals surface area contributed by atoms with Gasteiger partial charge < -0.3 is 15.0 Å². The van der Waals surface area contributed by atoms with Crippen LogP contribution in [0, 0.1) is 0 Å². The lowest BCUT2D eigenvalue weighted by Crippen LogP contribution is -2.50. The number of hydrogen-bond acceptors (Lipinski definition) is 6. The van der Waals surface area contributed by atoms with Gasteiger partial charge in [-0.2, -0.15) is 0 Å². The Kier molecular flexibility index (Phi) is 5.89. The molecule has 0 aromatic carbocycles. The molecular formula is C17H23N5O3S. The lowest BCUT2D eigenvalue weighted by Gasteiger charge is -2.34. The topological polar surface area (TPSA) is 79.7 Å². The van der Waals surface area contributed by atoms with Gasteiger partial charge in [0.2, 0.25) is 5.88 Å². The summed E-state index contributed by atoms with van der Waals surface area (Å²) in [6.45, 7) is 4.23. The molecule has 2 amide bonds. The lowest BCUT2D eigenvalue weighted by molar-refractivity contribution is 0.0635. The van der Waals surface area contributed by atoms with Gasteiger partial charge in [-0.3, -0.25) is 19.2 Å². The summed E-state index contributed by atoms with van der Waals surface area (Å²) in [5, 5.41) is 8.96. The Hall–Kier alpha value is -2.39. The maximum absolute atomic E-state index is 12.7. The van der Waals surface area contributed by atoms with Gasteiger partial charge in [0.15, 0.2) is 0 Å². The number of piperazine rings is 1. The number of carbonyl (C=O) groups is 2. The van der Waals surface area contributed by atoms with Gasteiger partial charge in [-0.1, -0.05) is 6.07 Å².